The minimum absolute atomic E-state index is 0.0733. The molecule has 2 aliphatic rings. The molecule has 3 aromatic carbocycles. The van der Waals surface area contributed by atoms with Gasteiger partial charge in [-0.1, -0.05) is 58.4 Å². The fourth-order valence-electron chi connectivity index (χ4n) is 5.21. The molecule has 0 saturated carbocycles. The van der Waals surface area contributed by atoms with Crippen LogP contribution in [0.2, 0.25) is 0 Å². The number of hydrogen-bond donors (Lipinski definition) is 2. The molecule has 35 heavy (non-hydrogen) atoms. The van der Waals surface area contributed by atoms with Gasteiger partial charge in [-0.2, -0.15) is 0 Å². The van der Waals surface area contributed by atoms with Crippen LogP contribution in [0, 0.1) is 23.5 Å². The second kappa shape index (κ2) is 8.66. The third kappa shape index (κ3) is 3.75. The number of amides is 2. The highest BCUT2D eigenvalue weighted by molar-refractivity contribution is 9.10. The molecule has 6 nitrogen and oxygen atoms in total. The molecule has 2 N–H and O–H groups in total. The minimum atomic E-state index is -1.83. The quantitative estimate of drug-likeness (QED) is 0.472. The summed E-state index contributed by atoms with van der Waals surface area (Å²) >= 11 is 3.36. The van der Waals surface area contributed by atoms with Crippen LogP contribution < -0.4 is 10.2 Å². The highest BCUT2D eigenvalue weighted by Gasteiger charge is 2.68. The molecule has 0 aliphatic carbocycles. The van der Waals surface area contributed by atoms with Crippen molar-refractivity contribution in [2.24, 2.45) is 11.8 Å². The molecule has 2 amide bonds. The second-order valence-corrected chi connectivity index (χ2v) is 9.64. The Hall–Kier alpha value is -3.43. The van der Waals surface area contributed by atoms with Crippen LogP contribution in [0.4, 0.5) is 14.5 Å². The summed E-state index contributed by atoms with van der Waals surface area (Å²) in [5.74, 6) is -7.22. The van der Waals surface area contributed by atoms with Gasteiger partial charge in [0.25, 0.3) is 0 Å². The lowest BCUT2D eigenvalue weighted by Crippen LogP contribution is -2.57. The minimum Gasteiger partial charge on any atom is -0.480 e. The van der Waals surface area contributed by atoms with Gasteiger partial charge in [0.1, 0.15) is 17.2 Å². The summed E-state index contributed by atoms with van der Waals surface area (Å²) in [6.07, 6.45) is -0.0733. The summed E-state index contributed by atoms with van der Waals surface area (Å²) in [5, 5.41) is 13.6. The smallest absolute Gasteiger partial charge is 0.325 e. The van der Waals surface area contributed by atoms with Crippen LogP contribution in [-0.2, 0) is 20.8 Å². The molecular weight excluding hydrogens is 522 g/mol. The van der Waals surface area contributed by atoms with Crippen LogP contribution in [0.15, 0.2) is 77.3 Å². The molecule has 2 saturated heterocycles. The summed E-state index contributed by atoms with van der Waals surface area (Å²) in [6, 6.07) is 17.5. The van der Waals surface area contributed by atoms with Crippen LogP contribution in [-0.4, -0.2) is 28.4 Å². The van der Waals surface area contributed by atoms with Crippen LogP contribution in [0.3, 0.4) is 0 Å². The summed E-state index contributed by atoms with van der Waals surface area (Å²) in [6.45, 7) is 0. The van der Waals surface area contributed by atoms with Gasteiger partial charge in [-0.15, -0.1) is 0 Å². The van der Waals surface area contributed by atoms with Crippen LogP contribution in [0.25, 0.3) is 0 Å². The van der Waals surface area contributed by atoms with Crippen LogP contribution in [0.5, 0.6) is 0 Å². The molecular formula is C26H19BrF2N2O4. The average molecular weight is 541 g/mol. The Labute approximate surface area is 207 Å². The summed E-state index contributed by atoms with van der Waals surface area (Å²) in [7, 11) is 0. The summed E-state index contributed by atoms with van der Waals surface area (Å²) in [5.41, 5.74) is -0.961. The van der Waals surface area contributed by atoms with Gasteiger partial charge in [0, 0.05) is 23.0 Å². The van der Waals surface area contributed by atoms with E-state index in [4.69, 9.17) is 0 Å². The van der Waals surface area contributed by atoms with Crippen molar-refractivity contribution in [3.63, 3.8) is 0 Å². The third-order valence-corrected chi connectivity index (χ3v) is 7.27. The predicted octanol–water partition coefficient (Wildman–Crippen LogP) is 4.24. The van der Waals surface area contributed by atoms with Crippen molar-refractivity contribution >= 4 is 39.4 Å². The number of nitrogens with one attached hydrogen (secondary N) is 1. The maximum Gasteiger partial charge on any atom is 0.325 e. The fraction of sp³-hybridized carbons (Fsp3) is 0.192. The lowest BCUT2D eigenvalue weighted by molar-refractivity contribution is -0.148. The number of halogens is 3. The first-order valence-corrected chi connectivity index (χ1v) is 11.7. The average Bonchev–Trinajstić information content (AvgIpc) is 3.30. The highest BCUT2D eigenvalue weighted by atomic mass is 79.9. The molecule has 0 unspecified atom stereocenters. The molecule has 0 aromatic heterocycles. The zero-order valence-electron chi connectivity index (χ0n) is 18.1. The van der Waals surface area contributed by atoms with Gasteiger partial charge < -0.3 is 5.11 Å². The van der Waals surface area contributed by atoms with Gasteiger partial charge >= 0.3 is 5.97 Å². The highest BCUT2D eigenvalue weighted by Crippen LogP contribution is 2.51. The van der Waals surface area contributed by atoms with Crippen LogP contribution in [0.1, 0.15) is 17.2 Å². The lowest BCUT2D eigenvalue weighted by atomic mass is 9.76. The number of benzene rings is 3. The van der Waals surface area contributed by atoms with E-state index in [0.29, 0.717) is 22.1 Å². The number of carboxylic acids is 1. The zero-order valence-corrected chi connectivity index (χ0v) is 19.7. The molecule has 2 fully saturated rings. The number of aliphatic carboxylic acids is 1. The fourth-order valence-corrected chi connectivity index (χ4v) is 5.48. The van der Waals surface area contributed by atoms with E-state index in [-0.39, 0.29) is 6.42 Å². The summed E-state index contributed by atoms with van der Waals surface area (Å²) < 4.78 is 29.0. The van der Waals surface area contributed by atoms with Gasteiger partial charge in [0.15, 0.2) is 0 Å². The number of fused-ring (bicyclic) bond motifs is 1. The number of carbonyl (C=O) groups is 3. The van der Waals surface area contributed by atoms with Crippen molar-refractivity contribution in [2.75, 3.05) is 4.90 Å². The summed E-state index contributed by atoms with van der Waals surface area (Å²) in [4.78, 5) is 40.9. The number of hydrogen-bond acceptors (Lipinski definition) is 4. The molecule has 4 atom stereocenters. The number of nitrogens with zero attached hydrogens (tertiary/aromatic N) is 1. The molecule has 5 rings (SSSR count). The largest absolute Gasteiger partial charge is 0.480 e. The first-order valence-electron chi connectivity index (χ1n) is 10.9. The Morgan fingerprint density at radius 2 is 1.69 bits per heavy atom. The predicted molar refractivity (Wildman–Crippen MR) is 126 cm³/mol. The third-order valence-electron chi connectivity index (χ3n) is 6.74. The number of anilines is 1. The molecule has 2 heterocycles. The van der Waals surface area contributed by atoms with Crippen molar-refractivity contribution in [3.05, 3.63) is 100 Å². The molecule has 0 radical (unpaired) electrons. The SMILES string of the molecule is O=C1[C@H]2[C@@H](c3ccc(Br)cc3)N[C@](Cc3ccccc3)(C(=O)O)[C@H]2C(=O)N1c1ccc(F)cc1F. The van der Waals surface area contributed by atoms with E-state index in [1.807, 2.05) is 0 Å². The molecule has 2 aliphatic heterocycles. The number of rotatable bonds is 5. The second-order valence-electron chi connectivity index (χ2n) is 8.72. The maximum absolute atomic E-state index is 14.7. The van der Waals surface area contributed by atoms with Gasteiger partial charge in [0.2, 0.25) is 11.8 Å². The topological polar surface area (TPSA) is 86.7 Å². The molecule has 0 bridgehead atoms. The Bertz CT molecular complexity index is 1330. The van der Waals surface area contributed by atoms with Gasteiger partial charge in [-0.25, -0.2) is 13.7 Å². The van der Waals surface area contributed by atoms with Crippen LogP contribution >= 0.6 is 15.9 Å². The Morgan fingerprint density at radius 1 is 1.00 bits per heavy atom. The van der Waals surface area contributed by atoms with E-state index in [9.17, 15) is 28.3 Å². The van der Waals surface area contributed by atoms with Crippen molar-refractivity contribution < 1.29 is 28.3 Å². The first-order chi connectivity index (χ1) is 16.7. The molecule has 178 valence electrons. The van der Waals surface area contributed by atoms with E-state index >= 15 is 0 Å². The maximum atomic E-state index is 14.7. The van der Waals surface area contributed by atoms with Gasteiger partial charge in [-0.05, 0) is 35.4 Å². The van der Waals surface area contributed by atoms with Crippen molar-refractivity contribution in [3.8, 4) is 0 Å². The van der Waals surface area contributed by atoms with E-state index in [0.717, 1.165) is 16.6 Å². The van der Waals surface area contributed by atoms with Gasteiger partial charge in [-0.3, -0.25) is 19.7 Å². The standard InChI is InChI=1S/C26H19BrF2N2O4/c27-16-8-6-15(7-9-16)22-20-21(26(30-22,25(34)35)13-14-4-2-1-3-5-14)24(33)31(23(20)32)19-11-10-17(28)12-18(19)29/h1-12,20-22,30H,13H2,(H,34,35)/t20-,21-,22-,26+/m1/s1. The van der Waals surface area contributed by atoms with E-state index in [2.05, 4.69) is 21.2 Å². The van der Waals surface area contributed by atoms with Gasteiger partial charge in [0.05, 0.1) is 17.5 Å². The zero-order chi connectivity index (χ0) is 24.9. The number of imide groups is 1. The van der Waals surface area contributed by atoms with E-state index in [1.165, 1.54) is 0 Å². The Kier molecular flexibility index (Phi) is 5.77. The molecule has 9 heteroatoms. The van der Waals surface area contributed by atoms with Crippen molar-refractivity contribution in [2.45, 2.75) is 18.0 Å². The monoisotopic (exact) mass is 540 g/mol. The molecule has 3 aromatic rings. The van der Waals surface area contributed by atoms with Crippen molar-refractivity contribution in [1.29, 1.82) is 0 Å². The van der Waals surface area contributed by atoms with Crippen molar-refractivity contribution in [1.82, 2.24) is 5.32 Å². The number of carboxylic acid groups (broad SMARTS) is 1. The normalized spacial score (nSPS) is 25.7. The van der Waals surface area contributed by atoms with E-state index in [1.54, 1.807) is 54.6 Å². The van der Waals surface area contributed by atoms with E-state index < -0.39 is 58.5 Å². The Morgan fingerprint density at radius 3 is 2.31 bits per heavy atom. The first kappa shape index (κ1) is 23.3. The number of carbonyl (C=O) groups excluding carboxylic acids is 2. The lowest BCUT2D eigenvalue weighted by Gasteiger charge is -2.31. The molecule has 0 spiro atoms. The Balaban J connectivity index is 1.67.